The van der Waals surface area contributed by atoms with Crippen molar-refractivity contribution in [3.05, 3.63) is 18.3 Å². The molecule has 20 heavy (non-hydrogen) atoms. The van der Waals surface area contributed by atoms with Crippen LogP contribution in [-0.4, -0.2) is 51.5 Å². The van der Waals surface area contributed by atoms with Crippen molar-refractivity contribution in [2.75, 3.05) is 38.5 Å². The minimum absolute atomic E-state index is 0.246. The number of nitrogens with one attached hydrogen (secondary N) is 2. The molecule has 2 N–H and O–H groups in total. The number of nitrogens with zero attached hydrogens (tertiary/aromatic N) is 2. The van der Waals surface area contributed by atoms with E-state index in [2.05, 4.69) is 19.9 Å². The van der Waals surface area contributed by atoms with Gasteiger partial charge in [-0.15, -0.1) is 0 Å². The smallest absolute Gasteiger partial charge is 0.240 e. The standard InChI is InChI=1S/C13H22N4O2S/c1-14-13-11-12(5-6-15-13)20(18,19)16-7-10-17-8-3-2-4-9-17/h5-6,11,16H,2-4,7-10H2,1H3,(H,14,15). The van der Waals surface area contributed by atoms with E-state index in [-0.39, 0.29) is 4.90 Å². The zero-order chi connectivity index (χ0) is 14.4. The second-order valence-electron chi connectivity index (χ2n) is 4.93. The lowest BCUT2D eigenvalue weighted by molar-refractivity contribution is 0.233. The molecule has 0 saturated carbocycles. The Morgan fingerprint density at radius 3 is 2.75 bits per heavy atom. The van der Waals surface area contributed by atoms with Crippen LogP contribution in [0.3, 0.4) is 0 Å². The van der Waals surface area contributed by atoms with Gasteiger partial charge in [0, 0.05) is 32.4 Å². The van der Waals surface area contributed by atoms with Crippen LogP contribution in [-0.2, 0) is 10.0 Å². The van der Waals surface area contributed by atoms with E-state index in [1.54, 1.807) is 7.05 Å². The van der Waals surface area contributed by atoms with Crippen LogP contribution in [0, 0.1) is 0 Å². The van der Waals surface area contributed by atoms with Crippen LogP contribution in [0.2, 0.25) is 0 Å². The van der Waals surface area contributed by atoms with Gasteiger partial charge in [-0.2, -0.15) is 0 Å². The summed E-state index contributed by atoms with van der Waals surface area (Å²) >= 11 is 0. The molecular formula is C13H22N4O2S. The minimum atomic E-state index is -3.45. The Kier molecular flexibility index (Phi) is 5.33. The van der Waals surface area contributed by atoms with Gasteiger partial charge in [-0.3, -0.25) is 0 Å². The molecule has 1 aliphatic rings. The maximum atomic E-state index is 12.2. The normalized spacial score (nSPS) is 17.1. The third-order valence-electron chi connectivity index (χ3n) is 3.47. The van der Waals surface area contributed by atoms with Crippen molar-refractivity contribution >= 4 is 15.8 Å². The monoisotopic (exact) mass is 298 g/mol. The van der Waals surface area contributed by atoms with Crippen molar-refractivity contribution in [3.8, 4) is 0 Å². The Bertz CT molecular complexity index is 527. The van der Waals surface area contributed by atoms with Gasteiger partial charge < -0.3 is 10.2 Å². The van der Waals surface area contributed by atoms with Crippen molar-refractivity contribution in [2.24, 2.45) is 0 Å². The summed E-state index contributed by atoms with van der Waals surface area (Å²) in [6.45, 7) is 3.35. The molecule has 0 aliphatic carbocycles. The van der Waals surface area contributed by atoms with E-state index < -0.39 is 10.0 Å². The largest absolute Gasteiger partial charge is 0.373 e. The highest BCUT2D eigenvalue weighted by molar-refractivity contribution is 7.89. The summed E-state index contributed by atoms with van der Waals surface area (Å²) < 4.78 is 27.0. The molecule has 2 rings (SSSR count). The maximum absolute atomic E-state index is 12.2. The molecule has 0 atom stereocenters. The number of hydrogen-bond donors (Lipinski definition) is 2. The number of piperidine rings is 1. The van der Waals surface area contributed by atoms with Crippen LogP contribution in [0.5, 0.6) is 0 Å². The van der Waals surface area contributed by atoms with Crippen molar-refractivity contribution in [1.29, 1.82) is 0 Å². The highest BCUT2D eigenvalue weighted by Crippen LogP contribution is 2.12. The number of anilines is 1. The van der Waals surface area contributed by atoms with Gasteiger partial charge in [-0.25, -0.2) is 18.1 Å². The summed E-state index contributed by atoms with van der Waals surface area (Å²) in [5.74, 6) is 0.545. The first-order valence-electron chi connectivity index (χ1n) is 6.97. The van der Waals surface area contributed by atoms with Crippen LogP contribution in [0.15, 0.2) is 23.2 Å². The lowest BCUT2D eigenvalue weighted by Crippen LogP contribution is -2.37. The third-order valence-corrected chi connectivity index (χ3v) is 4.93. The minimum Gasteiger partial charge on any atom is -0.373 e. The fraction of sp³-hybridized carbons (Fsp3) is 0.615. The van der Waals surface area contributed by atoms with E-state index in [1.165, 1.54) is 37.6 Å². The van der Waals surface area contributed by atoms with E-state index in [0.29, 0.717) is 12.4 Å². The second-order valence-corrected chi connectivity index (χ2v) is 6.69. The highest BCUT2D eigenvalue weighted by Gasteiger charge is 2.15. The fourth-order valence-electron chi connectivity index (χ4n) is 2.32. The molecule has 2 heterocycles. The molecule has 1 fully saturated rings. The lowest BCUT2D eigenvalue weighted by Gasteiger charge is -2.26. The quantitative estimate of drug-likeness (QED) is 0.816. The van der Waals surface area contributed by atoms with Crippen LogP contribution < -0.4 is 10.0 Å². The van der Waals surface area contributed by atoms with Crippen LogP contribution in [0.1, 0.15) is 19.3 Å². The van der Waals surface area contributed by atoms with Crippen LogP contribution >= 0.6 is 0 Å². The van der Waals surface area contributed by atoms with Gasteiger partial charge in [0.2, 0.25) is 10.0 Å². The Morgan fingerprint density at radius 2 is 2.05 bits per heavy atom. The molecule has 0 aromatic carbocycles. The maximum Gasteiger partial charge on any atom is 0.240 e. The fourth-order valence-corrected chi connectivity index (χ4v) is 3.35. The summed E-state index contributed by atoms with van der Waals surface area (Å²) in [5.41, 5.74) is 0. The summed E-state index contributed by atoms with van der Waals surface area (Å²) in [6.07, 6.45) is 5.20. The Labute approximate surface area is 120 Å². The molecule has 1 aromatic rings. The Hall–Kier alpha value is -1.18. The zero-order valence-electron chi connectivity index (χ0n) is 11.8. The van der Waals surface area contributed by atoms with Gasteiger partial charge >= 0.3 is 0 Å². The molecule has 0 unspecified atom stereocenters. The molecular weight excluding hydrogens is 276 g/mol. The van der Waals surface area contributed by atoms with Crippen molar-refractivity contribution in [2.45, 2.75) is 24.2 Å². The molecule has 1 aliphatic heterocycles. The van der Waals surface area contributed by atoms with Crippen molar-refractivity contribution in [3.63, 3.8) is 0 Å². The number of sulfonamides is 1. The first kappa shape index (κ1) is 15.2. The number of pyridine rings is 1. The van der Waals surface area contributed by atoms with E-state index >= 15 is 0 Å². The number of aromatic nitrogens is 1. The molecule has 7 heteroatoms. The summed E-state index contributed by atoms with van der Waals surface area (Å²) in [4.78, 5) is 6.56. The predicted molar refractivity (Wildman–Crippen MR) is 79.3 cm³/mol. The Morgan fingerprint density at radius 1 is 1.30 bits per heavy atom. The average Bonchev–Trinajstić information content (AvgIpc) is 2.48. The predicted octanol–water partition coefficient (Wildman–Crippen LogP) is 0.887. The lowest BCUT2D eigenvalue weighted by atomic mass is 10.1. The van der Waals surface area contributed by atoms with E-state index in [1.807, 2.05) is 0 Å². The molecule has 1 aromatic heterocycles. The van der Waals surface area contributed by atoms with Gasteiger partial charge in [0.05, 0.1) is 4.90 Å². The van der Waals surface area contributed by atoms with Crippen molar-refractivity contribution in [1.82, 2.24) is 14.6 Å². The third kappa shape index (κ3) is 4.16. The van der Waals surface area contributed by atoms with Gasteiger partial charge in [0.25, 0.3) is 0 Å². The summed E-state index contributed by atoms with van der Waals surface area (Å²) in [6, 6.07) is 3.04. The van der Waals surface area contributed by atoms with Crippen LogP contribution in [0.4, 0.5) is 5.82 Å². The SMILES string of the molecule is CNc1cc(S(=O)(=O)NCCN2CCCCC2)ccn1. The van der Waals surface area contributed by atoms with Crippen LogP contribution in [0.25, 0.3) is 0 Å². The molecule has 1 saturated heterocycles. The molecule has 0 radical (unpaired) electrons. The molecule has 112 valence electrons. The zero-order valence-corrected chi connectivity index (χ0v) is 12.6. The van der Waals surface area contributed by atoms with Gasteiger partial charge in [0.15, 0.2) is 0 Å². The van der Waals surface area contributed by atoms with Gasteiger partial charge in [-0.1, -0.05) is 6.42 Å². The Balaban J connectivity index is 1.89. The van der Waals surface area contributed by atoms with Gasteiger partial charge in [0.1, 0.15) is 5.82 Å². The molecule has 0 amide bonds. The second kappa shape index (κ2) is 7.01. The summed E-state index contributed by atoms with van der Waals surface area (Å²) in [5, 5.41) is 2.84. The topological polar surface area (TPSA) is 74.3 Å². The number of likely N-dealkylation sites (tertiary alicyclic amines) is 1. The molecule has 0 spiro atoms. The molecule has 0 bridgehead atoms. The van der Waals surface area contributed by atoms with E-state index in [0.717, 1.165) is 19.6 Å². The van der Waals surface area contributed by atoms with Crippen molar-refractivity contribution < 1.29 is 8.42 Å². The number of hydrogen-bond acceptors (Lipinski definition) is 5. The van der Waals surface area contributed by atoms with E-state index in [4.69, 9.17) is 0 Å². The van der Waals surface area contributed by atoms with Gasteiger partial charge in [-0.05, 0) is 32.0 Å². The van der Waals surface area contributed by atoms with E-state index in [9.17, 15) is 8.42 Å². The number of rotatable bonds is 6. The molecule has 6 nitrogen and oxygen atoms in total. The first-order chi connectivity index (χ1) is 9.62. The summed E-state index contributed by atoms with van der Waals surface area (Å²) in [7, 11) is -1.74. The average molecular weight is 298 g/mol. The first-order valence-corrected chi connectivity index (χ1v) is 8.46. The highest BCUT2D eigenvalue weighted by atomic mass is 32.2.